The van der Waals surface area contributed by atoms with Gasteiger partial charge in [0.2, 0.25) is 0 Å². The van der Waals surface area contributed by atoms with Crippen LogP contribution in [0, 0.1) is 13.8 Å². The highest BCUT2D eigenvalue weighted by molar-refractivity contribution is 9.10. The van der Waals surface area contributed by atoms with Gasteiger partial charge in [-0.2, -0.15) is 0 Å². The van der Waals surface area contributed by atoms with E-state index in [2.05, 4.69) is 51.0 Å². The molecule has 0 aliphatic carbocycles. The number of aromatic nitrogens is 2. The molecule has 0 aliphatic rings. The van der Waals surface area contributed by atoms with Crippen LogP contribution in [0.4, 0.5) is 0 Å². The van der Waals surface area contributed by atoms with Crippen molar-refractivity contribution in [1.29, 1.82) is 0 Å². The minimum atomic E-state index is 0.186. The normalized spacial score (nSPS) is 12.4. The predicted octanol–water partition coefficient (Wildman–Crippen LogP) is 4.29. The van der Waals surface area contributed by atoms with E-state index >= 15 is 0 Å². The van der Waals surface area contributed by atoms with Gasteiger partial charge in [0.15, 0.2) is 5.16 Å². The van der Waals surface area contributed by atoms with Gasteiger partial charge in [-0.25, -0.2) is 9.97 Å². The highest BCUT2D eigenvalue weighted by atomic mass is 79.9. The first kappa shape index (κ1) is 16.5. The molecule has 0 fully saturated rings. The molecular weight excluding hydrogens is 346 g/mol. The molecule has 0 aliphatic heterocycles. The molecule has 0 spiro atoms. The number of hydrogen-bond acceptors (Lipinski definition) is 4. The summed E-state index contributed by atoms with van der Waals surface area (Å²) in [5, 5.41) is 0.789. The highest BCUT2D eigenvalue weighted by Crippen LogP contribution is 2.31. The molecule has 0 saturated heterocycles. The third-order valence-electron chi connectivity index (χ3n) is 3.20. The molecule has 1 heterocycles. The van der Waals surface area contributed by atoms with Crippen molar-refractivity contribution in [2.75, 3.05) is 0 Å². The van der Waals surface area contributed by atoms with Gasteiger partial charge in [-0.15, -0.1) is 0 Å². The monoisotopic (exact) mass is 365 g/mol. The molecule has 1 unspecified atom stereocenters. The van der Waals surface area contributed by atoms with E-state index in [0.29, 0.717) is 0 Å². The van der Waals surface area contributed by atoms with Crippen molar-refractivity contribution in [1.82, 2.24) is 9.97 Å². The summed E-state index contributed by atoms with van der Waals surface area (Å²) < 4.78 is 1.06. The van der Waals surface area contributed by atoms with Gasteiger partial charge in [-0.1, -0.05) is 28.9 Å². The van der Waals surface area contributed by atoms with Gasteiger partial charge in [0.25, 0.3) is 0 Å². The van der Waals surface area contributed by atoms with Crippen LogP contribution in [-0.4, -0.2) is 16.0 Å². The van der Waals surface area contributed by atoms with Gasteiger partial charge in [0.1, 0.15) is 0 Å². The zero-order valence-electron chi connectivity index (χ0n) is 12.6. The fourth-order valence-electron chi connectivity index (χ4n) is 2.06. The summed E-state index contributed by atoms with van der Waals surface area (Å²) >= 11 is 5.14. The van der Waals surface area contributed by atoms with E-state index in [-0.39, 0.29) is 6.04 Å². The second-order valence-electron chi connectivity index (χ2n) is 5.16. The lowest BCUT2D eigenvalue weighted by molar-refractivity contribution is 0.641. The van der Waals surface area contributed by atoms with Gasteiger partial charge < -0.3 is 5.73 Å². The van der Waals surface area contributed by atoms with Crippen molar-refractivity contribution in [3.63, 3.8) is 0 Å². The maximum Gasteiger partial charge on any atom is 0.192 e. The summed E-state index contributed by atoms with van der Waals surface area (Å²) in [6, 6.07) is 8.47. The molecule has 1 aromatic heterocycles. The summed E-state index contributed by atoms with van der Waals surface area (Å²) in [5.74, 6) is 0. The maximum absolute atomic E-state index is 6.10. The second kappa shape index (κ2) is 7.38. The Bertz CT molecular complexity index is 611. The first-order valence-electron chi connectivity index (χ1n) is 7.02. The molecule has 0 saturated carbocycles. The smallest absolute Gasteiger partial charge is 0.192 e. The van der Waals surface area contributed by atoms with Crippen molar-refractivity contribution < 1.29 is 0 Å². The average Bonchev–Trinajstić information content (AvgIpc) is 2.40. The molecule has 0 amide bonds. The van der Waals surface area contributed by atoms with Crippen LogP contribution in [0.2, 0.25) is 0 Å². The van der Waals surface area contributed by atoms with Gasteiger partial charge in [-0.05, 0) is 62.2 Å². The summed E-state index contributed by atoms with van der Waals surface area (Å²) in [4.78, 5) is 10.2. The van der Waals surface area contributed by atoms with E-state index in [1.807, 2.05) is 19.9 Å². The Morgan fingerprint density at radius 1 is 1.19 bits per heavy atom. The molecule has 2 N–H and O–H groups in total. The predicted molar refractivity (Wildman–Crippen MR) is 91.7 cm³/mol. The molecule has 3 nitrogen and oxygen atoms in total. The van der Waals surface area contributed by atoms with Crippen LogP contribution >= 0.6 is 27.7 Å². The SMILES string of the molecule is CCC(N)Cc1ccc(Br)cc1Sc1nc(C)cc(C)n1. The van der Waals surface area contributed by atoms with Crippen LogP contribution in [0.3, 0.4) is 0 Å². The van der Waals surface area contributed by atoms with Crippen molar-refractivity contribution >= 4 is 27.7 Å². The van der Waals surface area contributed by atoms with Crippen LogP contribution in [0.15, 0.2) is 38.8 Å². The number of hydrogen-bond donors (Lipinski definition) is 1. The Hall–Kier alpha value is -0.910. The molecule has 0 bridgehead atoms. The summed E-state index contributed by atoms with van der Waals surface area (Å²) in [7, 11) is 0. The number of nitrogens with two attached hydrogens (primary N) is 1. The molecule has 112 valence electrons. The molecule has 2 aromatic rings. The quantitative estimate of drug-likeness (QED) is 0.803. The van der Waals surface area contributed by atoms with Gasteiger partial charge in [0, 0.05) is 26.8 Å². The highest BCUT2D eigenvalue weighted by Gasteiger charge is 2.11. The second-order valence-corrected chi connectivity index (χ2v) is 7.08. The maximum atomic E-state index is 6.10. The number of halogens is 1. The lowest BCUT2D eigenvalue weighted by Gasteiger charge is -2.13. The Morgan fingerprint density at radius 3 is 2.48 bits per heavy atom. The van der Waals surface area contributed by atoms with Crippen molar-refractivity contribution in [3.05, 3.63) is 45.7 Å². The van der Waals surface area contributed by atoms with Crippen molar-refractivity contribution in [2.45, 2.75) is 49.7 Å². The lowest BCUT2D eigenvalue weighted by Crippen LogP contribution is -2.21. The fourth-order valence-corrected chi connectivity index (χ4v) is 3.61. The standard InChI is InChI=1S/C16H20BrN3S/c1-4-14(18)8-12-5-6-13(17)9-15(12)21-16-19-10(2)7-11(3)20-16/h5-7,9,14H,4,8,18H2,1-3H3. The molecular formula is C16H20BrN3S. The van der Waals surface area contributed by atoms with Crippen LogP contribution in [0.1, 0.15) is 30.3 Å². The van der Waals surface area contributed by atoms with Crippen LogP contribution in [0.25, 0.3) is 0 Å². The van der Waals surface area contributed by atoms with E-state index in [0.717, 1.165) is 33.9 Å². The zero-order valence-corrected chi connectivity index (χ0v) is 15.0. The molecule has 21 heavy (non-hydrogen) atoms. The van der Waals surface area contributed by atoms with Crippen LogP contribution in [-0.2, 0) is 6.42 Å². The Morgan fingerprint density at radius 2 is 1.86 bits per heavy atom. The van der Waals surface area contributed by atoms with E-state index < -0.39 is 0 Å². The first-order chi connectivity index (χ1) is 9.97. The third-order valence-corrected chi connectivity index (χ3v) is 4.66. The number of nitrogens with zero attached hydrogens (tertiary/aromatic N) is 2. The van der Waals surface area contributed by atoms with Crippen LogP contribution in [0.5, 0.6) is 0 Å². The molecule has 0 radical (unpaired) electrons. The molecule has 1 atom stereocenters. The zero-order chi connectivity index (χ0) is 15.4. The lowest BCUT2D eigenvalue weighted by atomic mass is 10.1. The Balaban J connectivity index is 2.31. The van der Waals surface area contributed by atoms with Crippen LogP contribution < -0.4 is 5.73 Å². The molecule has 2 rings (SSSR count). The van der Waals surface area contributed by atoms with E-state index in [1.54, 1.807) is 11.8 Å². The van der Waals surface area contributed by atoms with E-state index in [1.165, 1.54) is 10.5 Å². The summed E-state index contributed by atoms with van der Waals surface area (Å²) in [5.41, 5.74) is 9.34. The summed E-state index contributed by atoms with van der Waals surface area (Å²) in [6.45, 7) is 6.10. The van der Waals surface area contributed by atoms with Crippen molar-refractivity contribution in [3.8, 4) is 0 Å². The van der Waals surface area contributed by atoms with Gasteiger partial charge >= 0.3 is 0 Å². The Kier molecular flexibility index (Phi) is 5.79. The first-order valence-corrected chi connectivity index (χ1v) is 8.63. The average molecular weight is 366 g/mol. The van der Waals surface area contributed by atoms with E-state index in [9.17, 15) is 0 Å². The third kappa shape index (κ3) is 4.80. The number of benzene rings is 1. The molecule has 1 aromatic carbocycles. The van der Waals surface area contributed by atoms with Crippen molar-refractivity contribution in [2.24, 2.45) is 5.73 Å². The summed E-state index contributed by atoms with van der Waals surface area (Å²) in [6.07, 6.45) is 1.84. The van der Waals surface area contributed by atoms with Gasteiger partial charge in [-0.3, -0.25) is 0 Å². The number of aryl methyl sites for hydroxylation is 2. The Labute approximate surface area is 138 Å². The largest absolute Gasteiger partial charge is 0.327 e. The van der Waals surface area contributed by atoms with E-state index in [4.69, 9.17) is 5.73 Å². The fraction of sp³-hybridized carbons (Fsp3) is 0.375. The minimum Gasteiger partial charge on any atom is -0.327 e. The minimum absolute atomic E-state index is 0.186. The number of rotatable bonds is 5. The topological polar surface area (TPSA) is 51.8 Å². The molecule has 5 heteroatoms. The van der Waals surface area contributed by atoms with Gasteiger partial charge in [0.05, 0.1) is 0 Å².